The second-order valence-electron chi connectivity index (χ2n) is 3.70. The van der Waals surface area contributed by atoms with E-state index in [1.165, 1.54) is 16.0 Å². The van der Waals surface area contributed by atoms with Crippen molar-refractivity contribution in [2.24, 2.45) is 12.1 Å². The van der Waals surface area contributed by atoms with Crippen molar-refractivity contribution in [3.05, 3.63) is 36.6 Å². The average Bonchev–Trinajstić information content (AvgIpc) is 2.84. The third-order valence-electron chi connectivity index (χ3n) is 2.32. The second-order valence-corrected chi connectivity index (χ2v) is 5.56. The lowest BCUT2D eigenvalue weighted by atomic mass is 10.4. The van der Waals surface area contributed by atoms with Crippen molar-refractivity contribution < 1.29 is 4.92 Å². The van der Waals surface area contributed by atoms with Gasteiger partial charge in [0.2, 0.25) is 5.82 Å². The van der Waals surface area contributed by atoms with Crippen molar-refractivity contribution in [1.82, 2.24) is 9.78 Å². The number of anilines is 1. The number of thiophene rings is 1. The van der Waals surface area contributed by atoms with Crippen LogP contribution >= 0.6 is 27.3 Å². The van der Waals surface area contributed by atoms with E-state index in [4.69, 9.17) is 0 Å². The first-order valence-corrected chi connectivity index (χ1v) is 6.87. The van der Waals surface area contributed by atoms with Gasteiger partial charge in [-0.05, 0) is 28.9 Å². The zero-order valence-electron chi connectivity index (χ0n) is 10.1. The van der Waals surface area contributed by atoms with Crippen LogP contribution in [-0.4, -0.2) is 20.9 Å². The van der Waals surface area contributed by atoms with Crippen LogP contribution in [0.15, 0.2) is 21.0 Å². The number of hydrazone groups is 1. The fraction of sp³-hybridized carbons (Fsp3) is 0.200. The average molecular weight is 344 g/mol. The van der Waals surface area contributed by atoms with E-state index in [0.717, 1.165) is 9.35 Å². The first kappa shape index (κ1) is 13.7. The standard InChI is InChI=1S/C10H10BrN5O2S/c1-6-9(16(17)18)10(15(2)14-6)13-12-4-8-3-7(11)5-19-8/h3-5,13H,1-2H3. The molecule has 7 nitrogen and oxygen atoms in total. The largest absolute Gasteiger partial charge is 0.335 e. The summed E-state index contributed by atoms with van der Waals surface area (Å²) < 4.78 is 2.37. The molecule has 9 heteroatoms. The van der Waals surface area contributed by atoms with Gasteiger partial charge in [-0.25, -0.2) is 4.68 Å². The molecule has 2 aromatic heterocycles. The topological polar surface area (TPSA) is 85.3 Å². The van der Waals surface area contributed by atoms with E-state index < -0.39 is 4.92 Å². The van der Waals surface area contributed by atoms with Gasteiger partial charge in [0.1, 0.15) is 5.69 Å². The number of nitro groups is 1. The maximum Gasteiger partial charge on any atom is 0.335 e. The number of nitrogens with zero attached hydrogens (tertiary/aromatic N) is 4. The number of nitrogens with one attached hydrogen (secondary N) is 1. The Hall–Kier alpha value is -1.74. The Labute approximate surface area is 121 Å². The summed E-state index contributed by atoms with van der Waals surface area (Å²) in [4.78, 5) is 11.4. The molecule has 0 spiro atoms. The third-order valence-corrected chi connectivity index (χ3v) is 3.95. The number of halogens is 1. The minimum absolute atomic E-state index is 0.0630. The van der Waals surface area contributed by atoms with E-state index in [1.54, 1.807) is 20.2 Å². The highest BCUT2D eigenvalue weighted by atomic mass is 79.9. The molecule has 100 valence electrons. The molecule has 2 aromatic rings. The third kappa shape index (κ3) is 2.99. The van der Waals surface area contributed by atoms with Crippen LogP contribution < -0.4 is 5.43 Å². The molecule has 0 aromatic carbocycles. The minimum atomic E-state index is -0.470. The van der Waals surface area contributed by atoms with Crippen molar-refractivity contribution in [3.8, 4) is 0 Å². The monoisotopic (exact) mass is 343 g/mol. The van der Waals surface area contributed by atoms with Crippen molar-refractivity contribution in [3.63, 3.8) is 0 Å². The maximum atomic E-state index is 10.9. The zero-order chi connectivity index (χ0) is 14.0. The molecule has 0 amide bonds. The molecule has 0 aliphatic rings. The van der Waals surface area contributed by atoms with Crippen LogP contribution in [0.5, 0.6) is 0 Å². The predicted molar refractivity (Wildman–Crippen MR) is 77.8 cm³/mol. The molecule has 0 saturated carbocycles. The van der Waals surface area contributed by atoms with Crippen LogP contribution in [0, 0.1) is 17.0 Å². The van der Waals surface area contributed by atoms with Gasteiger partial charge in [-0.3, -0.25) is 15.5 Å². The van der Waals surface area contributed by atoms with Crippen LogP contribution in [0.3, 0.4) is 0 Å². The fourth-order valence-electron chi connectivity index (χ4n) is 1.54. The summed E-state index contributed by atoms with van der Waals surface area (Å²) in [6, 6.07) is 1.90. The summed E-state index contributed by atoms with van der Waals surface area (Å²) in [5, 5.41) is 20.9. The maximum absolute atomic E-state index is 10.9. The number of hydrogen-bond acceptors (Lipinski definition) is 6. The van der Waals surface area contributed by atoms with Gasteiger partial charge in [0, 0.05) is 21.8 Å². The SMILES string of the molecule is Cc1nn(C)c(NN=Cc2cc(Br)cs2)c1[N+](=O)[O-]. The Morgan fingerprint density at radius 1 is 1.68 bits per heavy atom. The smallest absolute Gasteiger partial charge is 0.258 e. The van der Waals surface area contributed by atoms with Crippen molar-refractivity contribution in [2.75, 3.05) is 5.43 Å². The lowest BCUT2D eigenvalue weighted by Gasteiger charge is -1.99. The van der Waals surface area contributed by atoms with E-state index in [1.807, 2.05) is 11.4 Å². The Morgan fingerprint density at radius 3 is 3.00 bits per heavy atom. The van der Waals surface area contributed by atoms with E-state index >= 15 is 0 Å². The van der Waals surface area contributed by atoms with E-state index in [2.05, 4.69) is 31.6 Å². The Balaban J connectivity index is 2.20. The Kier molecular flexibility index (Phi) is 3.96. The van der Waals surface area contributed by atoms with E-state index in [-0.39, 0.29) is 11.5 Å². The van der Waals surface area contributed by atoms with Gasteiger partial charge in [0.25, 0.3) is 0 Å². The van der Waals surface area contributed by atoms with Gasteiger partial charge in [-0.2, -0.15) is 10.2 Å². The quantitative estimate of drug-likeness (QED) is 0.525. The molecule has 2 rings (SSSR count). The number of rotatable bonds is 4. The molecule has 1 N–H and O–H groups in total. The first-order valence-electron chi connectivity index (χ1n) is 5.20. The van der Waals surface area contributed by atoms with Gasteiger partial charge in [-0.15, -0.1) is 11.3 Å². The lowest BCUT2D eigenvalue weighted by Crippen LogP contribution is -2.01. The van der Waals surface area contributed by atoms with Crippen molar-refractivity contribution in [2.45, 2.75) is 6.92 Å². The van der Waals surface area contributed by atoms with Gasteiger partial charge in [0.15, 0.2) is 0 Å². The molecule has 2 heterocycles. The molecule has 0 saturated heterocycles. The second kappa shape index (κ2) is 5.49. The normalized spacial score (nSPS) is 11.1. The van der Waals surface area contributed by atoms with Crippen LogP contribution in [0.1, 0.15) is 10.6 Å². The van der Waals surface area contributed by atoms with Crippen LogP contribution in [0.4, 0.5) is 11.5 Å². The van der Waals surface area contributed by atoms with Crippen LogP contribution in [0.2, 0.25) is 0 Å². The Bertz CT molecular complexity index is 648. The highest BCUT2D eigenvalue weighted by molar-refractivity contribution is 9.10. The summed E-state index contributed by atoms with van der Waals surface area (Å²) in [6.07, 6.45) is 1.60. The summed E-state index contributed by atoms with van der Waals surface area (Å²) in [5.74, 6) is 0.259. The van der Waals surface area contributed by atoms with Crippen LogP contribution in [0.25, 0.3) is 0 Å². The highest BCUT2D eigenvalue weighted by Crippen LogP contribution is 2.27. The van der Waals surface area contributed by atoms with Crippen LogP contribution in [-0.2, 0) is 7.05 Å². The number of hydrogen-bond donors (Lipinski definition) is 1. The molecule has 0 unspecified atom stereocenters. The molecule has 0 radical (unpaired) electrons. The van der Waals surface area contributed by atoms with E-state index in [9.17, 15) is 10.1 Å². The molecule has 19 heavy (non-hydrogen) atoms. The van der Waals surface area contributed by atoms with Gasteiger partial charge in [-0.1, -0.05) is 0 Å². The van der Waals surface area contributed by atoms with Crippen molar-refractivity contribution >= 4 is 45.0 Å². The molecule has 0 fully saturated rings. The molecule has 0 bridgehead atoms. The number of aryl methyl sites for hydroxylation is 2. The van der Waals surface area contributed by atoms with Crippen molar-refractivity contribution in [1.29, 1.82) is 0 Å². The summed E-state index contributed by atoms with van der Waals surface area (Å²) >= 11 is 4.85. The molecule has 0 aliphatic heterocycles. The first-order chi connectivity index (χ1) is 8.99. The zero-order valence-corrected chi connectivity index (χ0v) is 12.5. The van der Waals surface area contributed by atoms with Gasteiger partial charge in [0.05, 0.1) is 11.1 Å². The fourth-order valence-corrected chi connectivity index (χ4v) is 2.85. The molecular weight excluding hydrogens is 334 g/mol. The van der Waals surface area contributed by atoms with E-state index in [0.29, 0.717) is 5.69 Å². The van der Waals surface area contributed by atoms with Gasteiger partial charge < -0.3 is 0 Å². The highest BCUT2D eigenvalue weighted by Gasteiger charge is 2.23. The molecule has 0 aliphatic carbocycles. The number of aromatic nitrogens is 2. The summed E-state index contributed by atoms with van der Waals surface area (Å²) in [7, 11) is 1.62. The lowest BCUT2D eigenvalue weighted by molar-refractivity contribution is -0.384. The predicted octanol–water partition coefficient (Wildman–Crippen LogP) is 2.91. The Morgan fingerprint density at radius 2 is 2.42 bits per heavy atom. The molecule has 0 atom stereocenters. The molecular formula is C10H10BrN5O2S. The summed E-state index contributed by atoms with van der Waals surface area (Å²) in [6.45, 7) is 1.59. The summed E-state index contributed by atoms with van der Waals surface area (Å²) in [5.41, 5.74) is 2.95. The minimum Gasteiger partial charge on any atom is -0.258 e. The van der Waals surface area contributed by atoms with Gasteiger partial charge >= 0.3 is 5.69 Å².